The molecule has 3 aliphatic heterocycles. The van der Waals surface area contributed by atoms with Crippen LogP contribution in [0.2, 0.25) is 0 Å². The summed E-state index contributed by atoms with van der Waals surface area (Å²) in [5.74, 6) is 0.766. The first-order valence-corrected chi connectivity index (χ1v) is 8.75. The van der Waals surface area contributed by atoms with Crippen molar-refractivity contribution in [1.82, 2.24) is 15.1 Å². The molecule has 0 aromatic heterocycles. The van der Waals surface area contributed by atoms with Gasteiger partial charge < -0.3 is 19.9 Å². The van der Waals surface area contributed by atoms with Crippen molar-refractivity contribution in [2.45, 2.75) is 25.3 Å². The minimum atomic E-state index is -0.397. The van der Waals surface area contributed by atoms with Crippen LogP contribution in [0.5, 0.6) is 5.75 Å². The van der Waals surface area contributed by atoms with Crippen molar-refractivity contribution in [3.63, 3.8) is 0 Å². The number of ether oxygens (including phenoxy) is 1. The van der Waals surface area contributed by atoms with E-state index < -0.39 is 6.04 Å². The van der Waals surface area contributed by atoms with Gasteiger partial charge in [-0.05, 0) is 30.2 Å². The van der Waals surface area contributed by atoms with Crippen LogP contribution in [0.1, 0.15) is 28.8 Å². The first-order valence-electron chi connectivity index (χ1n) is 8.75. The average Bonchev–Trinajstić information content (AvgIpc) is 3.28. The summed E-state index contributed by atoms with van der Waals surface area (Å²) >= 11 is 0. The number of nitrogens with zero attached hydrogens (tertiary/aromatic N) is 2. The quantitative estimate of drug-likeness (QED) is 0.831. The Morgan fingerprint density at radius 2 is 1.84 bits per heavy atom. The molecule has 1 atom stereocenters. The van der Waals surface area contributed by atoms with Gasteiger partial charge in [-0.3, -0.25) is 14.4 Å². The summed E-state index contributed by atoms with van der Waals surface area (Å²) in [6.45, 7) is 2.71. The van der Waals surface area contributed by atoms with Crippen LogP contribution >= 0.6 is 0 Å². The van der Waals surface area contributed by atoms with Crippen molar-refractivity contribution in [1.29, 1.82) is 0 Å². The smallest absolute Gasteiger partial charge is 0.253 e. The molecule has 132 valence electrons. The lowest BCUT2D eigenvalue weighted by molar-refractivity contribution is -0.135. The summed E-state index contributed by atoms with van der Waals surface area (Å²) in [5, 5.41) is 2.71. The third kappa shape index (κ3) is 3.06. The van der Waals surface area contributed by atoms with E-state index >= 15 is 0 Å². The van der Waals surface area contributed by atoms with E-state index in [9.17, 15) is 14.4 Å². The average molecular weight is 343 g/mol. The molecular weight excluding hydrogens is 322 g/mol. The topological polar surface area (TPSA) is 79.0 Å². The van der Waals surface area contributed by atoms with Crippen molar-refractivity contribution >= 4 is 17.7 Å². The SMILES string of the molecule is O=C1CCC(C(=O)N2CCN(C(=O)c3ccc4c(c3)CCO4)CC2)N1. The largest absolute Gasteiger partial charge is 0.493 e. The standard InChI is InChI=1S/C18H21N3O4/c22-16-4-2-14(19-16)18(24)21-8-6-20(7-9-21)17(23)13-1-3-15-12(11-13)5-10-25-15/h1,3,11,14H,2,4-10H2,(H,19,22). The molecule has 1 aromatic carbocycles. The number of hydrogen-bond donors (Lipinski definition) is 1. The second kappa shape index (κ2) is 6.38. The zero-order valence-corrected chi connectivity index (χ0v) is 14.0. The molecule has 3 amide bonds. The van der Waals surface area contributed by atoms with Crippen molar-refractivity contribution in [3.8, 4) is 5.75 Å². The van der Waals surface area contributed by atoms with Gasteiger partial charge in [0.2, 0.25) is 11.8 Å². The van der Waals surface area contributed by atoms with Crippen molar-refractivity contribution < 1.29 is 19.1 Å². The highest BCUT2D eigenvalue weighted by Crippen LogP contribution is 2.26. The van der Waals surface area contributed by atoms with Gasteiger partial charge in [-0.15, -0.1) is 0 Å². The normalized spacial score (nSPS) is 22.4. The van der Waals surface area contributed by atoms with Gasteiger partial charge in [-0.2, -0.15) is 0 Å². The number of carbonyl (C=O) groups excluding carboxylic acids is 3. The highest BCUT2D eigenvalue weighted by Gasteiger charge is 2.33. The summed E-state index contributed by atoms with van der Waals surface area (Å²) in [7, 11) is 0. The molecule has 0 spiro atoms. The van der Waals surface area contributed by atoms with Crippen LogP contribution in [-0.2, 0) is 16.0 Å². The molecule has 7 heteroatoms. The van der Waals surface area contributed by atoms with Crippen molar-refractivity contribution in [3.05, 3.63) is 29.3 Å². The summed E-state index contributed by atoms with van der Waals surface area (Å²) in [6, 6.07) is 5.18. The lowest BCUT2D eigenvalue weighted by Crippen LogP contribution is -2.54. The fourth-order valence-corrected chi connectivity index (χ4v) is 3.65. The summed E-state index contributed by atoms with van der Waals surface area (Å²) in [5.41, 5.74) is 1.75. The highest BCUT2D eigenvalue weighted by molar-refractivity contribution is 5.95. The van der Waals surface area contributed by atoms with E-state index in [1.165, 1.54) is 0 Å². The molecule has 0 bridgehead atoms. The summed E-state index contributed by atoms with van der Waals surface area (Å²) in [6.07, 6.45) is 1.82. The highest BCUT2D eigenvalue weighted by atomic mass is 16.5. The van der Waals surface area contributed by atoms with E-state index in [1.54, 1.807) is 15.9 Å². The van der Waals surface area contributed by atoms with Gasteiger partial charge in [-0.1, -0.05) is 0 Å². The van der Waals surface area contributed by atoms with E-state index in [-0.39, 0.29) is 17.7 Å². The summed E-state index contributed by atoms with van der Waals surface area (Å²) in [4.78, 5) is 39.9. The van der Waals surface area contributed by atoms with Crippen LogP contribution in [0, 0.1) is 0 Å². The lowest BCUT2D eigenvalue weighted by Gasteiger charge is -2.36. The van der Waals surface area contributed by atoms with E-state index in [0.717, 1.165) is 17.7 Å². The monoisotopic (exact) mass is 343 g/mol. The third-order valence-corrected chi connectivity index (χ3v) is 5.11. The van der Waals surface area contributed by atoms with Gasteiger partial charge in [0.1, 0.15) is 11.8 Å². The fourth-order valence-electron chi connectivity index (χ4n) is 3.65. The Kier molecular flexibility index (Phi) is 4.07. The zero-order valence-electron chi connectivity index (χ0n) is 14.0. The zero-order chi connectivity index (χ0) is 17.4. The third-order valence-electron chi connectivity index (χ3n) is 5.11. The minimum absolute atomic E-state index is 0.00373. The Bertz CT molecular complexity index is 725. The predicted octanol–water partition coefficient (Wildman–Crippen LogP) is 0.185. The number of fused-ring (bicyclic) bond motifs is 1. The van der Waals surface area contributed by atoms with Crippen LogP contribution in [0.3, 0.4) is 0 Å². The Balaban J connectivity index is 1.36. The number of hydrogen-bond acceptors (Lipinski definition) is 4. The fraction of sp³-hybridized carbons (Fsp3) is 0.500. The number of amides is 3. The number of benzene rings is 1. The van der Waals surface area contributed by atoms with Crippen molar-refractivity contribution in [2.24, 2.45) is 0 Å². The number of nitrogens with one attached hydrogen (secondary N) is 1. The van der Waals surface area contributed by atoms with Gasteiger partial charge in [0.25, 0.3) is 5.91 Å². The molecule has 1 N–H and O–H groups in total. The molecule has 2 saturated heterocycles. The van der Waals surface area contributed by atoms with Crippen LogP contribution in [0.15, 0.2) is 18.2 Å². The molecular formula is C18H21N3O4. The Morgan fingerprint density at radius 1 is 1.08 bits per heavy atom. The van der Waals surface area contributed by atoms with E-state index in [2.05, 4.69) is 5.32 Å². The number of piperazine rings is 1. The Labute approximate surface area is 145 Å². The van der Waals surface area contributed by atoms with Crippen LogP contribution in [0.4, 0.5) is 0 Å². The molecule has 25 heavy (non-hydrogen) atoms. The molecule has 3 aliphatic rings. The number of rotatable bonds is 2. The molecule has 0 saturated carbocycles. The Morgan fingerprint density at radius 3 is 2.56 bits per heavy atom. The first kappa shape index (κ1) is 15.9. The van der Waals surface area contributed by atoms with E-state index in [4.69, 9.17) is 4.74 Å². The number of carbonyl (C=O) groups is 3. The van der Waals surface area contributed by atoms with Gasteiger partial charge in [0, 0.05) is 44.6 Å². The second-order valence-corrected chi connectivity index (χ2v) is 6.70. The molecule has 1 aromatic rings. The lowest BCUT2D eigenvalue weighted by atomic mass is 10.1. The maximum atomic E-state index is 12.7. The molecule has 1 unspecified atom stereocenters. The molecule has 0 aliphatic carbocycles. The second-order valence-electron chi connectivity index (χ2n) is 6.70. The minimum Gasteiger partial charge on any atom is -0.493 e. The van der Waals surface area contributed by atoms with Gasteiger partial charge in [0.05, 0.1) is 6.61 Å². The molecule has 2 fully saturated rings. The van der Waals surface area contributed by atoms with Crippen LogP contribution < -0.4 is 10.1 Å². The molecule has 0 radical (unpaired) electrons. The van der Waals surface area contributed by atoms with Gasteiger partial charge in [-0.25, -0.2) is 0 Å². The Hall–Kier alpha value is -2.57. The van der Waals surface area contributed by atoms with E-state index in [0.29, 0.717) is 51.2 Å². The van der Waals surface area contributed by atoms with Gasteiger partial charge >= 0.3 is 0 Å². The molecule has 3 heterocycles. The predicted molar refractivity (Wildman–Crippen MR) is 89.3 cm³/mol. The van der Waals surface area contributed by atoms with Crippen LogP contribution in [0.25, 0.3) is 0 Å². The van der Waals surface area contributed by atoms with Gasteiger partial charge in [0.15, 0.2) is 0 Å². The first-order chi connectivity index (χ1) is 12.1. The molecule has 4 rings (SSSR count). The van der Waals surface area contributed by atoms with Crippen LogP contribution in [-0.4, -0.2) is 66.3 Å². The summed E-state index contributed by atoms with van der Waals surface area (Å²) < 4.78 is 5.48. The maximum absolute atomic E-state index is 12.7. The molecule has 7 nitrogen and oxygen atoms in total. The van der Waals surface area contributed by atoms with Crippen molar-refractivity contribution in [2.75, 3.05) is 32.8 Å². The maximum Gasteiger partial charge on any atom is 0.253 e. The van der Waals surface area contributed by atoms with E-state index in [1.807, 2.05) is 12.1 Å².